The lowest BCUT2D eigenvalue weighted by Gasteiger charge is -2.03. The average molecular weight is 399 g/mol. The number of H-pyrrole nitrogens is 1. The molecule has 12 heteroatoms. The fourth-order valence-corrected chi connectivity index (χ4v) is 1.97. The topological polar surface area (TPSA) is 126 Å². The molecule has 0 unspecified atom stereocenters. The first-order valence-electron chi connectivity index (χ1n) is 7.90. The molecule has 28 heavy (non-hydrogen) atoms. The Balaban J connectivity index is 0.000000345. The second-order valence-electron chi connectivity index (χ2n) is 5.36. The number of nitrogens with zero attached hydrogens (tertiary/aromatic N) is 3. The molecule has 3 rings (SSSR count). The zero-order valence-corrected chi connectivity index (χ0v) is 14.3. The van der Waals surface area contributed by atoms with E-state index in [-0.39, 0.29) is 5.91 Å². The van der Waals surface area contributed by atoms with Crippen molar-refractivity contribution in [1.82, 2.24) is 25.1 Å². The SMILES string of the molecule is O=C(NCCCn1ccnc1)c1cc(-c2ccco2)[nH]n1.O=C(O)C(F)(F)F. The highest BCUT2D eigenvalue weighted by atomic mass is 19.4. The molecule has 3 N–H and O–H groups in total. The molecule has 0 saturated carbocycles. The monoisotopic (exact) mass is 399 g/mol. The van der Waals surface area contributed by atoms with E-state index in [4.69, 9.17) is 14.3 Å². The Morgan fingerprint density at radius 3 is 2.68 bits per heavy atom. The van der Waals surface area contributed by atoms with Gasteiger partial charge in [-0.3, -0.25) is 9.89 Å². The van der Waals surface area contributed by atoms with Crippen LogP contribution >= 0.6 is 0 Å². The van der Waals surface area contributed by atoms with Crippen molar-refractivity contribution in [2.24, 2.45) is 0 Å². The van der Waals surface area contributed by atoms with Crippen LogP contribution < -0.4 is 5.32 Å². The second-order valence-corrected chi connectivity index (χ2v) is 5.36. The van der Waals surface area contributed by atoms with Gasteiger partial charge in [0.25, 0.3) is 5.91 Å². The zero-order chi connectivity index (χ0) is 20.6. The smallest absolute Gasteiger partial charge is 0.475 e. The summed E-state index contributed by atoms with van der Waals surface area (Å²) in [6.45, 7) is 1.40. The summed E-state index contributed by atoms with van der Waals surface area (Å²) in [5.74, 6) is -2.30. The van der Waals surface area contributed by atoms with Gasteiger partial charge in [0.1, 0.15) is 5.69 Å². The number of nitrogens with one attached hydrogen (secondary N) is 2. The number of carboxylic acid groups (broad SMARTS) is 1. The minimum atomic E-state index is -5.08. The van der Waals surface area contributed by atoms with Gasteiger partial charge in [-0.1, -0.05) is 0 Å². The summed E-state index contributed by atoms with van der Waals surface area (Å²) in [6.07, 6.45) is 2.71. The molecule has 3 aromatic rings. The molecule has 0 aliphatic heterocycles. The average Bonchev–Trinajstić information content (AvgIpc) is 3.40. The quantitative estimate of drug-likeness (QED) is 0.546. The third-order valence-electron chi connectivity index (χ3n) is 3.28. The van der Waals surface area contributed by atoms with Crippen LogP contribution in [-0.4, -0.2) is 49.5 Å². The number of hydrogen-bond donors (Lipinski definition) is 3. The van der Waals surface area contributed by atoms with Crippen LogP contribution in [-0.2, 0) is 11.3 Å². The fraction of sp³-hybridized carbons (Fsp3) is 0.250. The third-order valence-corrected chi connectivity index (χ3v) is 3.28. The van der Waals surface area contributed by atoms with Crippen LogP contribution in [0.1, 0.15) is 16.9 Å². The molecule has 150 valence electrons. The van der Waals surface area contributed by atoms with Crippen LogP contribution in [0, 0.1) is 0 Å². The van der Waals surface area contributed by atoms with E-state index in [2.05, 4.69) is 20.5 Å². The summed E-state index contributed by atoms with van der Waals surface area (Å²) in [5.41, 5.74) is 1.03. The maximum absolute atomic E-state index is 11.9. The Hall–Kier alpha value is -3.57. The minimum Gasteiger partial charge on any atom is -0.475 e. The van der Waals surface area contributed by atoms with Gasteiger partial charge in [-0.15, -0.1) is 0 Å². The maximum Gasteiger partial charge on any atom is 0.490 e. The molecule has 0 aliphatic rings. The van der Waals surface area contributed by atoms with Crippen LogP contribution in [0.25, 0.3) is 11.5 Å². The molecule has 0 spiro atoms. The van der Waals surface area contributed by atoms with E-state index in [0.717, 1.165) is 13.0 Å². The first-order chi connectivity index (χ1) is 13.3. The molecule has 3 heterocycles. The predicted molar refractivity (Wildman–Crippen MR) is 89.2 cm³/mol. The van der Waals surface area contributed by atoms with E-state index in [1.165, 1.54) is 0 Å². The van der Waals surface area contributed by atoms with E-state index >= 15 is 0 Å². The normalized spacial score (nSPS) is 10.8. The zero-order valence-electron chi connectivity index (χ0n) is 14.3. The number of aromatic amines is 1. The summed E-state index contributed by atoms with van der Waals surface area (Å²) >= 11 is 0. The van der Waals surface area contributed by atoms with Crippen molar-refractivity contribution in [3.63, 3.8) is 0 Å². The molecule has 3 aromatic heterocycles. The molecule has 9 nitrogen and oxygen atoms in total. The number of aliphatic carboxylic acids is 1. The van der Waals surface area contributed by atoms with Crippen molar-refractivity contribution in [1.29, 1.82) is 0 Å². The van der Waals surface area contributed by atoms with Crippen molar-refractivity contribution in [3.05, 3.63) is 48.9 Å². The first kappa shape index (κ1) is 20.7. The van der Waals surface area contributed by atoms with Crippen LogP contribution in [0.4, 0.5) is 13.2 Å². The number of imidazole rings is 1. The number of carbonyl (C=O) groups excluding carboxylic acids is 1. The number of alkyl halides is 3. The van der Waals surface area contributed by atoms with Crippen molar-refractivity contribution in [2.75, 3.05) is 6.54 Å². The number of hydrogen-bond acceptors (Lipinski definition) is 5. The molecule has 0 radical (unpaired) electrons. The van der Waals surface area contributed by atoms with Crippen molar-refractivity contribution in [2.45, 2.75) is 19.1 Å². The van der Waals surface area contributed by atoms with Gasteiger partial charge in [0.15, 0.2) is 11.5 Å². The van der Waals surface area contributed by atoms with Crippen molar-refractivity contribution >= 4 is 11.9 Å². The minimum absolute atomic E-state index is 0.199. The molecule has 1 amide bonds. The molecule has 0 atom stereocenters. The molecule has 0 bridgehead atoms. The Morgan fingerprint density at radius 2 is 2.11 bits per heavy atom. The van der Waals surface area contributed by atoms with Gasteiger partial charge >= 0.3 is 12.1 Å². The number of amides is 1. The standard InChI is InChI=1S/C14H15N5O2.C2HF3O2/c20-14(16-4-2-6-19-7-5-15-10-19)12-9-11(17-18-12)13-3-1-8-21-13;3-2(4,5)1(6)7/h1,3,5,7-10H,2,4,6H2,(H,16,20)(H,17,18);(H,6,7). The summed E-state index contributed by atoms with van der Waals surface area (Å²) in [5, 5.41) is 16.7. The lowest BCUT2D eigenvalue weighted by Crippen LogP contribution is -2.25. The first-order valence-corrected chi connectivity index (χ1v) is 7.90. The summed E-state index contributed by atoms with van der Waals surface area (Å²) < 4.78 is 38.9. The Kier molecular flexibility index (Phi) is 6.96. The van der Waals surface area contributed by atoms with Crippen LogP contribution in [0.5, 0.6) is 0 Å². The number of furan rings is 1. The predicted octanol–water partition coefficient (Wildman–Crippen LogP) is 2.32. The van der Waals surface area contributed by atoms with E-state index in [1.807, 2.05) is 10.8 Å². The highest BCUT2D eigenvalue weighted by Gasteiger charge is 2.38. The third kappa shape index (κ3) is 6.30. The number of carbonyl (C=O) groups is 2. The largest absolute Gasteiger partial charge is 0.490 e. The van der Waals surface area contributed by atoms with Gasteiger partial charge in [0, 0.05) is 31.5 Å². The Labute approximate surface area is 156 Å². The molecule has 0 aromatic carbocycles. The number of halogens is 3. The van der Waals surface area contributed by atoms with E-state index in [0.29, 0.717) is 23.7 Å². The number of rotatable bonds is 6. The maximum atomic E-state index is 11.9. The van der Waals surface area contributed by atoms with Gasteiger partial charge < -0.3 is 19.4 Å². The lowest BCUT2D eigenvalue weighted by atomic mass is 10.3. The van der Waals surface area contributed by atoms with E-state index in [1.54, 1.807) is 37.0 Å². The lowest BCUT2D eigenvalue weighted by molar-refractivity contribution is -0.192. The van der Waals surface area contributed by atoms with Crippen LogP contribution in [0.15, 0.2) is 47.6 Å². The molecular formula is C16H16F3N5O4. The van der Waals surface area contributed by atoms with Crippen LogP contribution in [0.2, 0.25) is 0 Å². The summed E-state index contributed by atoms with van der Waals surface area (Å²) in [6, 6.07) is 5.26. The van der Waals surface area contributed by atoms with Crippen molar-refractivity contribution in [3.8, 4) is 11.5 Å². The molecule has 0 saturated heterocycles. The van der Waals surface area contributed by atoms with Gasteiger partial charge in [-0.2, -0.15) is 18.3 Å². The summed E-state index contributed by atoms with van der Waals surface area (Å²) in [4.78, 5) is 24.8. The molecule has 0 aliphatic carbocycles. The molecule has 0 fully saturated rings. The van der Waals surface area contributed by atoms with Gasteiger partial charge in [-0.25, -0.2) is 9.78 Å². The van der Waals surface area contributed by atoms with Gasteiger partial charge in [0.2, 0.25) is 0 Å². The molecular weight excluding hydrogens is 383 g/mol. The number of aryl methyl sites for hydroxylation is 1. The summed E-state index contributed by atoms with van der Waals surface area (Å²) in [7, 11) is 0. The number of carboxylic acids is 1. The Bertz CT molecular complexity index is 873. The Morgan fingerprint density at radius 1 is 1.36 bits per heavy atom. The number of aromatic nitrogens is 4. The van der Waals surface area contributed by atoms with Crippen LogP contribution in [0.3, 0.4) is 0 Å². The van der Waals surface area contributed by atoms with Gasteiger partial charge in [-0.05, 0) is 18.6 Å². The van der Waals surface area contributed by atoms with E-state index < -0.39 is 12.1 Å². The highest BCUT2D eigenvalue weighted by Crippen LogP contribution is 2.17. The van der Waals surface area contributed by atoms with Gasteiger partial charge in [0.05, 0.1) is 12.6 Å². The fourth-order valence-electron chi connectivity index (χ4n) is 1.97. The van der Waals surface area contributed by atoms with E-state index in [9.17, 15) is 18.0 Å². The highest BCUT2D eigenvalue weighted by molar-refractivity contribution is 5.93. The second kappa shape index (κ2) is 9.39. The van der Waals surface area contributed by atoms with Crippen molar-refractivity contribution < 1.29 is 32.3 Å².